The van der Waals surface area contributed by atoms with Gasteiger partial charge in [-0.1, -0.05) is 18.2 Å². The predicted octanol–water partition coefficient (Wildman–Crippen LogP) is 1.19. The second-order valence-electron chi connectivity index (χ2n) is 7.48. The maximum atomic E-state index is 13.5. The fourth-order valence-electron chi connectivity index (χ4n) is 3.46. The van der Waals surface area contributed by atoms with Crippen LogP contribution >= 0.6 is 0 Å². The molecule has 10 heteroatoms. The summed E-state index contributed by atoms with van der Waals surface area (Å²) in [4.78, 5) is 65.4. The largest absolute Gasteiger partial charge is 0.465 e. The Bertz CT molecular complexity index is 1160. The number of benzene rings is 1. The first kappa shape index (κ1) is 25.9. The lowest BCUT2D eigenvalue weighted by molar-refractivity contribution is -0.144. The van der Waals surface area contributed by atoms with Gasteiger partial charge in [0.15, 0.2) is 0 Å². The van der Waals surface area contributed by atoms with E-state index >= 15 is 0 Å². The average molecular weight is 480 g/mol. The SMILES string of the molecule is CCOC(=O)Cn1cc(N(C[C]2[CH][CH][CH][CH]2)C(=O)c2ccccc2)c(=O)n(CC(=O)OCC)c1=O. The molecule has 1 aromatic heterocycles. The Hall–Kier alpha value is -3.69. The Morgan fingerprint density at radius 2 is 1.49 bits per heavy atom. The van der Waals surface area contributed by atoms with Crippen molar-refractivity contribution < 1.29 is 23.9 Å². The van der Waals surface area contributed by atoms with E-state index in [1.165, 1.54) is 4.90 Å². The minimum Gasteiger partial charge on any atom is -0.465 e. The number of carbonyl (C=O) groups excluding carboxylic acids is 3. The van der Waals surface area contributed by atoms with Gasteiger partial charge in [-0.05, 0) is 51.7 Å². The minimum absolute atomic E-state index is 0.0208. The van der Waals surface area contributed by atoms with E-state index in [1.54, 1.807) is 69.9 Å². The summed E-state index contributed by atoms with van der Waals surface area (Å²) in [7, 11) is 0. The van der Waals surface area contributed by atoms with Crippen LogP contribution in [0.15, 0.2) is 46.1 Å². The molecule has 1 aromatic carbocycles. The smallest absolute Gasteiger partial charge is 0.332 e. The number of hydrogen-bond donors (Lipinski definition) is 0. The summed E-state index contributed by atoms with van der Waals surface area (Å²) in [5, 5.41) is 0. The lowest BCUT2D eigenvalue weighted by atomic mass is 10.1. The molecule has 35 heavy (non-hydrogen) atoms. The number of amides is 1. The molecular weight excluding hydrogens is 454 g/mol. The number of rotatable bonds is 10. The highest BCUT2D eigenvalue weighted by atomic mass is 16.5. The van der Waals surface area contributed by atoms with Crippen LogP contribution in [0.3, 0.4) is 0 Å². The highest BCUT2D eigenvalue weighted by Crippen LogP contribution is 2.26. The zero-order valence-electron chi connectivity index (χ0n) is 19.5. The molecule has 0 atom stereocenters. The molecule has 0 bridgehead atoms. The Labute approximate surface area is 203 Å². The molecule has 183 valence electrons. The van der Waals surface area contributed by atoms with E-state index in [2.05, 4.69) is 0 Å². The van der Waals surface area contributed by atoms with Crippen LogP contribution in [0, 0.1) is 31.6 Å². The highest BCUT2D eigenvalue weighted by Gasteiger charge is 2.29. The summed E-state index contributed by atoms with van der Waals surface area (Å²) >= 11 is 0. The molecule has 1 saturated carbocycles. The first-order valence-electron chi connectivity index (χ1n) is 11.1. The van der Waals surface area contributed by atoms with Gasteiger partial charge in [0.05, 0.1) is 13.2 Å². The van der Waals surface area contributed by atoms with Gasteiger partial charge in [0.2, 0.25) is 0 Å². The van der Waals surface area contributed by atoms with Gasteiger partial charge in [-0.2, -0.15) is 0 Å². The zero-order chi connectivity index (χ0) is 25.4. The van der Waals surface area contributed by atoms with Crippen molar-refractivity contribution >= 4 is 23.5 Å². The van der Waals surface area contributed by atoms with Crippen molar-refractivity contribution in [3.8, 4) is 0 Å². The molecule has 5 radical (unpaired) electrons. The Kier molecular flexibility index (Phi) is 8.99. The highest BCUT2D eigenvalue weighted by molar-refractivity contribution is 6.06. The van der Waals surface area contributed by atoms with Crippen LogP contribution in [0.2, 0.25) is 0 Å². The molecule has 3 rings (SSSR count). The van der Waals surface area contributed by atoms with E-state index in [0.29, 0.717) is 10.1 Å². The first-order chi connectivity index (χ1) is 16.8. The van der Waals surface area contributed by atoms with E-state index in [4.69, 9.17) is 9.47 Å². The molecule has 0 N–H and O–H groups in total. The van der Waals surface area contributed by atoms with Gasteiger partial charge in [-0.15, -0.1) is 0 Å². The molecule has 1 heterocycles. The summed E-state index contributed by atoms with van der Waals surface area (Å²) in [5.41, 5.74) is -1.62. The molecule has 0 unspecified atom stereocenters. The van der Waals surface area contributed by atoms with Crippen LogP contribution in [0.4, 0.5) is 5.69 Å². The summed E-state index contributed by atoms with van der Waals surface area (Å²) in [6.45, 7) is 2.20. The molecule has 2 aromatic rings. The number of esters is 2. The minimum atomic E-state index is -0.903. The van der Waals surface area contributed by atoms with E-state index in [-0.39, 0.29) is 25.4 Å². The monoisotopic (exact) mass is 480 g/mol. The predicted molar refractivity (Wildman–Crippen MR) is 127 cm³/mol. The Morgan fingerprint density at radius 3 is 2.09 bits per heavy atom. The molecule has 0 spiro atoms. The maximum Gasteiger partial charge on any atom is 0.332 e. The summed E-state index contributed by atoms with van der Waals surface area (Å²) < 4.78 is 11.4. The molecule has 0 saturated heterocycles. The van der Waals surface area contributed by atoms with Crippen molar-refractivity contribution in [2.45, 2.75) is 26.9 Å². The number of aromatic nitrogens is 2. The maximum absolute atomic E-state index is 13.5. The number of ether oxygens (including phenoxy) is 2. The third-order valence-corrected chi connectivity index (χ3v) is 5.05. The van der Waals surface area contributed by atoms with Gasteiger partial charge in [-0.25, -0.2) is 9.36 Å². The molecule has 1 amide bonds. The van der Waals surface area contributed by atoms with Crippen LogP contribution < -0.4 is 16.1 Å². The first-order valence-corrected chi connectivity index (χ1v) is 11.1. The van der Waals surface area contributed by atoms with E-state index in [9.17, 15) is 24.0 Å². The van der Waals surface area contributed by atoms with Gasteiger partial charge in [0, 0.05) is 24.2 Å². The van der Waals surface area contributed by atoms with Gasteiger partial charge >= 0.3 is 17.6 Å². The summed E-state index contributed by atoms with van der Waals surface area (Å²) in [6, 6.07) is 8.34. The molecule has 0 aliphatic heterocycles. The van der Waals surface area contributed by atoms with Crippen molar-refractivity contribution in [1.82, 2.24) is 9.13 Å². The number of carbonyl (C=O) groups is 3. The van der Waals surface area contributed by atoms with Crippen molar-refractivity contribution in [3.05, 3.63) is 94.5 Å². The van der Waals surface area contributed by atoms with Gasteiger partial charge in [-0.3, -0.25) is 23.7 Å². The van der Waals surface area contributed by atoms with E-state index < -0.39 is 42.2 Å². The van der Waals surface area contributed by atoms with Crippen LogP contribution in [-0.2, 0) is 32.2 Å². The average Bonchev–Trinajstić information content (AvgIpc) is 3.36. The third-order valence-electron chi connectivity index (χ3n) is 5.05. The fourth-order valence-corrected chi connectivity index (χ4v) is 3.46. The van der Waals surface area contributed by atoms with Crippen LogP contribution in [-0.4, -0.2) is 46.7 Å². The molecule has 10 nitrogen and oxygen atoms in total. The van der Waals surface area contributed by atoms with Crippen LogP contribution in [0.25, 0.3) is 0 Å². The lowest BCUT2D eigenvalue weighted by Gasteiger charge is -2.26. The molecule has 1 fully saturated rings. The van der Waals surface area contributed by atoms with Crippen molar-refractivity contribution in [1.29, 1.82) is 0 Å². The topological polar surface area (TPSA) is 117 Å². The number of anilines is 1. The Morgan fingerprint density at radius 1 is 0.886 bits per heavy atom. The van der Waals surface area contributed by atoms with Crippen molar-refractivity contribution in [2.24, 2.45) is 0 Å². The molecule has 1 aliphatic carbocycles. The van der Waals surface area contributed by atoms with E-state index in [1.807, 2.05) is 0 Å². The Balaban J connectivity index is 2.14. The standard InChI is InChI=1S/C25H26N3O7/c1-3-34-21(29)16-26-15-20(24(32)28(25(26)33)17-22(30)35-4-2)27(14-18-10-8-9-11-18)23(31)19-12-6-5-7-13-19/h5-13,15H,3-4,14,16-17H2,1-2H3. The van der Waals surface area contributed by atoms with Crippen LogP contribution in [0.1, 0.15) is 24.2 Å². The fraction of sp³-hybridized carbons (Fsp3) is 0.280. The zero-order valence-corrected chi connectivity index (χ0v) is 19.5. The molecule has 1 aliphatic rings. The third kappa shape index (κ3) is 6.46. The quantitative estimate of drug-likeness (QED) is 0.469. The van der Waals surface area contributed by atoms with Crippen LogP contribution in [0.5, 0.6) is 0 Å². The second-order valence-corrected chi connectivity index (χ2v) is 7.48. The van der Waals surface area contributed by atoms with Gasteiger partial charge in [0.1, 0.15) is 18.8 Å². The summed E-state index contributed by atoms with van der Waals surface area (Å²) in [6.07, 6.45) is 8.31. The van der Waals surface area contributed by atoms with Gasteiger partial charge < -0.3 is 14.4 Å². The lowest BCUT2D eigenvalue weighted by Crippen LogP contribution is -2.47. The van der Waals surface area contributed by atoms with Crippen molar-refractivity contribution in [2.75, 3.05) is 24.7 Å². The van der Waals surface area contributed by atoms with Crippen molar-refractivity contribution in [3.63, 3.8) is 0 Å². The summed E-state index contributed by atoms with van der Waals surface area (Å²) in [5.74, 6) is -1.26. The number of nitrogens with zero attached hydrogens (tertiary/aromatic N) is 3. The normalized spacial score (nSPS) is 13.4. The van der Waals surface area contributed by atoms with Gasteiger partial charge in [0.25, 0.3) is 11.5 Å². The second kappa shape index (κ2) is 12.1. The molecular formula is C25H26N3O7. The number of hydrogen-bond acceptors (Lipinski definition) is 7. The van der Waals surface area contributed by atoms with E-state index in [0.717, 1.165) is 16.7 Å².